The molecule has 1 rings (SSSR count). The number of methoxy groups -OCH3 is 1. The topological polar surface area (TPSA) is 55.4 Å². The smallest absolute Gasteiger partial charge is 0.217 e. The number of benzene rings is 1. The van der Waals surface area contributed by atoms with Crippen molar-refractivity contribution in [3.05, 3.63) is 35.4 Å². The van der Waals surface area contributed by atoms with Crippen LogP contribution < -0.4 is 10.1 Å². The van der Waals surface area contributed by atoms with Gasteiger partial charge in [-0.2, -0.15) is 0 Å². The lowest BCUT2D eigenvalue weighted by atomic mass is 10.1. The van der Waals surface area contributed by atoms with Gasteiger partial charge in [0.25, 0.3) is 0 Å². The number of ketones is 1. The van der Waals surface area contributed by atoms with Gasteiger partial charge in [-0.1, -0.05) is 12.2 Å². The van der Waals surface area contributed by atoms with E-state index in [1.54, 1.807) is 25.3 Å². The van der Waals surface area contributed by atoms with Gasteiger partial charge in [0, 0.05) is 24.6 Å². The van der Waals surface area contributed by atoms with Gasteiger partial charge in [0.05, 0.1) is 7.11 Å². The number of carbonyl (C=O) groups is 2. The Morgan fingerprint density at radius 1 is 1.33 bits per heavy atom. The van der Waals surface area contributed by atoms with Crippen molar-refractivity contribution in [3.8, 4) is 5.75 Å². The second-order valence-electron chi connectivity index (χ2n) is 3.85. The van der Waals surface area contributed by atoms with Crippen LogP contribution in [0.1, 0.15) is 29.8 Å². The monoisotopic (exact) mass is 247 g/mol. The minimum absolute atomic E-state index is 0.00849. The molecule has 0 aliphatic carbocycles. The van der Waals surface area contributed by atoms with Crippen LogP contribution in [0.25, 0.3) is 6.08 Å². The molecular formula is C14H17NO3. The summed E-state index contributed by atoms with van der Waals surface area (Å²) in [6.45, 7) is 3.43. The summed E-state index contributed by atoms with van der Waals surface area (Å²) in [6, 6.07) is 5.26. The highest BCUT2D eigenvalue weighted by atomic mass is 16.5. The lowest BCUT2D eigenvalue weighted by Gasteiger charge is -2.06. The van der Waals surface area contributed by atoms with E-state index < -0.39 is 0 Å². The van der Waals surface area contributed by atoms with E-state index in [0.29, 0.717) is 17.9 Å². The first kappa shape index (κ1) is 14.0. The van der Waals surface area contributed by atoms with E-state index in [4.69, 9.17) is 4.74 Å². The Morgan fingerprint density at radius 2 is 2.06 bits per heavy atom. The van der Waals surface area contributed by atoms with Gasteiger partial charge in [0.2, 0.25) is 5.91 Å². The van der Waals surface area contributed by atoms with Crippen molar-refractivity contribution >= 4 is 17.8 Å². The van der Waals surface area contributed by atoms with Crippen molar-refractivity contribution in [2.75, 3.05) is 13.7 Å². The van der Waals surface area contributed by atoms with E-state index in [0.717, 1.165) is 5.56 Å². The lowest BCUT2D eigenvalue weighted by Crippen LogP contribution is -2.19. The van der Waals surface area contributed by atoms with E-state index in [9.17, 15) is 9.59 Å². The Labute approximate surface area is 107 Å². The quantitative estimate of drug-likeness (QED) is 0.810. The summed E-state index contributed by atoms with van der Waals surface area (Å²) in [5.74, 6) is 0.623. The summed E-state index contributed by atoms with van der Waals surface area (Å²) in [5.41, 5.74) is 1.45. The van der Waals surface area contributed by atoms with Gasteiger partial charge in [-0.05, 0) is 25.1 Å². The first-order valence-corrected chi connectivity index (χ1v) is 5.64. The van der Waals surface area contributed by atoms with Gasteiger partial charge in [-0.15, -0.1) is 0 Å². The van der Waals surface area contributed by atoms with Crippen LogP contribution in [0.5, 0.6) is 5.75 Å². The van der Waals surface area contributed by atoms with Crippen LogP contribution in [0.15, 0.2) is 24.3 Å². The van der Waals surface area contributed by atoms with E-state index >= 15 is 0 Å². The molecule has 0 aliphatic rings. The van der Waals surface area contributed by atoms with Crippen molar-refractivity contribution in [2.45, 2.75) is 13.8 Å². The van der Waals surface area contributed by atoms with Crippen molar-refractivity contribution in [1.82, 2.24) is 5.32 Å². The van der Waals surface area contributed by atoms with Crippen LogP contribution in [0.2, 0.25) is 0 Å². The largest absolute Gasteiger partial charge is 0.496 e. The van der Waals surface area contributed by atoms with Crippen LogP contribution in [0.3, 0.4) is 0 Å². The predicted octanol–water partition coefficient (Wildman–Crippen LogP) is 2.05. The zero-order valence-electron chi connectivity index (χ0n) is 10.8. The Kier molecular flexibility index (Phi) is 5.11. The average molecular weight is 247 g/mol. The number of ether oxygens (including phenoxy) is 1. The van der Waals surface area contributed by atoms with Gasteiger partial charge in [-0.3, -0.25) is 9.59 Å². The molecule has 4 nitrogen and oxygen atoms in total. The molecule has 0 heterocycles. The molecule has 0 saturated heterocycles. The van der Waals surface area contributed by atoms with Crippen LogP contribution in [0.4, 0.5) is 0 Å². The number of carbonyl (C=O) groups excluding carboxylic acids is 2. The highest BCUT2D eigenvalue weighted by Gasteiger charge is 2.04. The van der Waals surface area contributed by atoms with Gasteiger partial charge in [-0.25, -0.2) is 0 Å². The lowest BCUT2D eigenvalue weighted by molar-refractivity contribution is -0.118. The van der Waals surface area contributed by atoms with E-state index in [1.807, 2.05) is 12.2 Å². The second-order valence-corrected chi connectivity index (χ2v) is 3.85. The maximum absolute atomic E-state index is 11.3. The molecule has 1 N–H and O–H groups in total. The molecule has 0 fully saturated rings. The molecule has 1 aromatic rings. The molecule has 0 atom stereocenters. The van der Waals surface area contributed by atoms with E-state index in [-0.39, 0.29) is 11.7 Å². The fourth-order valence-electron chi connectivity index (χ4n) is 1.47. The number of rotatable bonds is 5. The zero-order valence-corrected chi connectivity index (χ0v) is 10.8. The number of nitrogens with one attached hydrogen (secondary N) is 1. The van der Waals surface area contributed by atoms with Crippen LogP contribution in [0, 0.1) is 0 Å². The summed E-state index contributed by atoms with van der Waals surface area (Å²) in [4.78, 5) is 22.0. The number of hydrogen-bond donors (Lipinski definition) is 1. The predicted molar refractivity (Wildman–Crippen MR) is 70.7 cm³/mol. The SMILES string of the molecule is COc1ccc(C(C)=O)cc1C=CCNC(C)=O. The van der Waals surface area contributed by atoms with Crippen LogP contribution in [-0.4, -0.2) is 25.3 Å². The first-order chi connectivity index (χ1) is 8.54. The summed E-state index contributed by atoms with van der Waals surface area (Å²) in [5, 5.41) is 2.66. The van der Waals surface area contributed by atoms with Crippen molar-refractivity contribution in [1.29, 1.82) is 0 Å². The Bertz CT molecular complexity index is 478. The van der Waals surface area contributed by atoms with Gasteiger partial charge in [0.15, 0.2) is 5.78 Å². The summed E-state index contributed by atoms with van der Waals surface area (Å²) in [7, 11) is 1.58. The molecule has 0 radical (unpaired) electrons. The van der Waals surface area contributed by atoms with Crippen molar-refractivity contribution < 1.29 is 14.3 Å². The zero-order chi connectivity index (χ0) is 13.5. The number of hydrogen-bond acceptors (Lipinski definition) is 3. The minimum Gasteiger partial charge on any atom is -0.496 e. The highest BCUT2D eigenvalue weighted by Crippen LogP contribution is 2.21. The molecular weight excluding hydrogens is 230 g/mol. The summed E-state index contributed by atoms with van der Waals surface area (Å²) >= 11 is 0. The summed E-state index contributed by atoms with van der Waals surface area (Å²) < 4.78 is 5.21. The number of Topliss-reactive ketones (excluding diaryl/α,β-unsaturated/α-hetero) is 1. The maximum atomic E-state index is 11.3. The van der Waals surface area contributed by atoms with Gasteiger partial charge in [0.1, 0.15) is 5.75 Å². The molecule has 1 aromatic carbocycles. The molecule has 0 aromatic heterocycles. The average Bonchev–Trinajstić information content (AvgIpc) is 2.34. The molecule has 0 spiro atoms. The van der Waals surface area contributed by atoms with Crippen LogP contribution >= 0.6 is 0 Å². The Balaban J connectivity index is 2.87. The third-order valence-corrected chi connectivity index (χ3v) is 2.40. The van der Waals surface area contributed by atoms with E-state index in [1.165, 1.54) is 13.8 Å². The Hall–Kier alpha value is -2.10. The fourth-order valence-corrected chi connectivity index (χ4v) is 1.47. The van der Waals surface area contributed by atoms with Gasteiger partial charge < -0.3 is 10.1 Å². The molecule has 96 valence electrons. The second kappa shape index (κ2) is 6.59. The van der Waals surface area contributed by atoms with Crippen molar-refractivity contribution in [3.63, 3.8) is 0 Å². The summed E-state index contributed by atoms with van der Waals surface area (Å²) in [6.07, 6.45) is 3.63. The maximum Gasteiger partial charge on any atom is 0.217 e. The molecule has 0 unspecified atom stereocenters. The molecule has 0 bridgehead atoms. The molecule has 4 heteroatoms. The standard InChI is InChI=1S/C14H17NO3/c1-10(16)12-6-7-14(18-3)13(9-12)5-4-8-15-11(2)17/h4-7,9H,8H2,1-3H3,(H,15,17). The fraction of sp³-hybridized carbons (Fsp3) is 0.286. The van der Waals surface area contributed by atoms with E-state index in [2.05, 4.69) is 5.32 Å². The highest BCUT2D eigenvalue weighted by molar-refractivity contribution is 5.95. The van der Waals surface area contributed by atoms with Gasteiger partial charge >= 0.3 is 0 Å². The number of amides is 1. The molecule has 18 heavy (non-hydrogen) atoms. The Morgan fingerprint density at radius 3 is 2.61 bits per heavy atom. The molecule has 1 amide bonds. The first-order valence-electron chi connectivity index (χ1n) is 5.64. The normalized spacial score (nSPS) is 10.4. The molecule has 0 aliphatic heterocycles. The van der Waals surface area contributed by atoms with Crippen LogP contribution in [-0.2, 0) is 4.79 Å². The third kappa shape index (κ3) is 4.05. The minimum atomic E-state index is -0.0795. The van der Waals surface area contributed by atoms with Crippen molar-refractivity contribution in [2.24, 2.45) is 0 Å². The molecule has 0 saturated carbocycles. The third-order valence-electron chi connectivity index (χ3n) is 2.40.